The van der Waals surface area contributed by atoms with Gasteiger partial charge in [-0.2, -0.15) is 0 Å². The van der Waals surface area contributed by atoms with Crippen LogP contribution < -0.4 is 0 Å². The first-order valence-electron chi connectivity index (χ1n) is 9.77. The van der Waals surface area contributed by atoms with Crippen LogP contribution in [0.4, 0.5) is 0 Å². The number of hydrogen-bond donors (Lipinski definition) is 0. The summed E-state index contributed by atoms with van der Waals surface area (Å²) in [4.78, 5) is 23.8. The maximum absolute atomic E-state index is 12.8. The second-order valence-corrected chi connectivity index (χ2v) is 7.57. The molecule has 1 aliphatic heterocycles. The average molecular weight is 362 g/mol. The molecule has 0 saturated carbocycles. The Kier molecular flexibility index (Phi) is 4.92. The van der Waals surface area contributed by atoms with Crippen LogP contribution in [-0.4, -0.2) is 38.4 Å². The third-order valence-electron chi connectivity index (χ3n) is 5.50. The van der Waals surface area contributed by atoms with Gasteiger partial charge < -0.3 is 9.47 Å². The summed E-state index contributed by atoms with van der Waals surface area (Å²) < 4.78 is 2.17. The number of aryl methyl sites for hydroxylation is 2. The largest absolute Gasteiger partial charge is 0.342 e. The fraction of sp³-hybridized carbons (Fsp3) is 0.409. The van der Waals surface area contributed by atoms with Crippen molar-refractivity contribution in [1.82, 2.24) is 19.4 Å². The molecule has 3 aromatic rings. The Morgan fingerprint density at radius 2 is 2.04 bits per heavy atom. The van der Waals surface area contributed by atoms with Crippen molar-refractivity contribution in [1.29, 1.82) is 0 Å². The van der Waals surface area contributed by atoms with Crippen LogP contribution in [0.1, 0.15) is 31.9 Å². The maximum atomic E-state index is 12.8. The van der Waals surface area contributed by atoms with Crippen molar-refractivity contribution >= 4 is 16.9 Å². The van der Waals surface area contributed by atoms with Gasteiger partial charge in [-0.15, -0.1) is 0 Å². The molecule has 1 fully saturated rings. The molecule has 0 spiro atoms. The Bertz CT molecular complexity index is 962. The standard InChI is InChI=1S/C22H26N4O/c1-16-6-5-12-25(15-16)21(27)9-13-26-20(19-8-4-10-23-17(19)2)14-18-7-3-11-24-22(18)26/h3-4,7-8,10-11,14,16H,5-6,9,12-13,15H2,1-2H3. The van der Waals surface area contributed by atoms with Crippen LogP contribution in [0.2, 0.25) is 0 Å². The van der Waals surface area contributed by atoms with Crippen molar-refractivity contribution in [3.05, 3.63) is 48.4 Å². The van der Waals surface area contributed by atoms with Crippen molar-refractivity contribution in [2.45, 2.75) is 39.7 Å². The van der Waals surface area contributed by atoms with E-state index in [1.165, 1.54) is 6.42 Å². The summed E-state index contributed by atoms with van der Waals surface area (Å²) in [5.74, 6) is 0.846. The maximum Gasteiger partial charge on any atom is 0.224 e. The van der Waals surface area contributed by atoms with Gasteiger partial charge in [0.15, 0.2) is 0 Å². The molecule has 5 heteroatoms. The fourth-order valence-corrected chi connectivity index (χ4v) is 4.07. The lowest BCUT2D eigenvalue weighted by atomic mass is 10.00. The van der Waals surface area contributed by atoms with Gasteiger partial charge in [0, 0.05) is 55.1 Å². The van der Waals surface area contributed by atoms with Crippen LogP contribution in [-0.2, 0) is 11.3 Å². The van der Waals surface area contributed by atoms with Gasteiger partial charge in [0.1, 0.15) is 5.65 Å². The predicted molar refractivity (Wildman–Crippen MR) is 107 cm³/mol. The highest BCUT2D eigenvalue weighted by Crippen LogP contribution is 2.29. The first-order chi connectivity index (χ1) is 13.1. The molecule has 1 atom stereocenters. The Labute approximate surface area is 160 Å². The number of carbonyl (C=O) groups excluding carboxylic acids is 1. The number of nitrogens with zero attached hydrogens (tertiary/aromatic N) is 4. The van der Waals surface area contributed by atoms with Crippen LogP contribution in [0.3, 0.4) is 0 Å². The number of amides is 1. The molecule has 140 valence electrons. The first-order valence-corrected chi connectivity index (χ1v) is 9.77. The molecular formula is C22H26N4O. The first kappa shape index (κ1) is 17.7. The van der Waals surface area contributed by atoms with Gasteiger partial charge >= 0.3 is 0 Å². The minimum Gasteiger partial charge on any atom is -0.342 e. The molecule has 1 amide bonds. The number of piperidine rings is 1. The van der Waals surface area contributed by atoms with Gasteiger partial charge in [-0.3, -0.25) is 9.78 Å². The molecule has 4 rings (SSSR count). The zero-order chi connectivity index (χ0) is 18.8. The minimum atomic E-state index is 0.244. The number of aromatic nitrogens is 3. The molecule has 5 nitrogen and oxygen atoms in total. The fourth-order valence-electron chi connectivity index (χ4n) is 4.07. The van der Waals surface area contributed by atoms with Gasteiger partial charge in [0.25, 0.3) is 0 Å². The topological polar surface area (TPSA) is 51.0 Å². The van der Waals surface area contributed by atoms with E-state index < -0.39 is 0 Å². The molecule has 1 aliphatic rings. The molecule has 0 bridgehead atoms. The summed E-state index contributed by atoms with van der Waals surface area (Å²) in [6, 6.07) is 10.2. The van der Waals surface area contributed by atoms with Gasteiger partial charge in [0.05, 0.1) is 5.69 Å². The average Bonchev–Trinajstić information content (AvgIpc) is 3.05. The van der Waals surface area contributed by atoms with Crippen LogP contribution in [0.25, 0.3) is 22.3 Å². The highest BCUT2D eigenvalue weighted by molar-refractivity contribution is 5.85. The zero-order valence-corrected chi connectivity index (χ0v) is 16.1. The molecule has 0 N–H and O–H groups in total. The van der Waals surface area contributed by atoms with Crippen LogP contribution in [0.15, 0.2) is 42.7 Å². The summed E-state index contributed by atoms with van der Waals surface area (Å²) in [6.07, 6.45) is 6.46. The van der Waals surface area contributed by atoms with Crippen LogP contribution >= 0.6 is 0 Å². The van der Waals surface area contributed by atoms with E-state index in [2.05, 4.69) is 39.7 Å². The normalized spacial score (nSPS) is 17.4. The van der Waals surface area contributed by atoms with Crippen molar-refractivity contribution < 1.29 is 4.79 Å². The van der Waals surface area contributed by atoms with Crippen LogP contribution in [0, 0.1) is 12.8 Å². The van der Waals surface area contributed by atoms with Gasteiger partial charge in [-0.1, -0.05) is 6.92 Å². The molecular weight excluding hydrogens is 336 g/mol. The Morgan fingerprint density at radius 1 is 1.22 bits per heavy atom. The number of likely N-dealkylation sites (tertiary alicyclic amines) is 1. The third-order valence-corrected chi connectivity index (χ3v) is 5.50. The quantitative estimate of drug-likeness (QED) is 0.703. The highest BCUT2D eigenvalue weighted by Gasteiger charge is 2.21. The van der Waals surface area contributed by atoms with E-state index in [9.17, 15) is 4.79 Å². The van der Waals surface area contributed by atoms with Crippen molar-refractivity contribution in [2.24, 2.45) is 5.92 Å². The van der Waals surface area contributed by atoms with E-state index in [4.69, 9.17) is 0 Å². The third kappa shape index (κ3) is 3.59. The molecule has 4 heterocycles. The predicted octanol–water partition coefficient (Wildman–Crippen LogP) is 4.06. The lowest BCUT2D eigenvalue weighted by molar-refractivity contribution is -0.133. The molecule has 3 aromatic heterocycles. The summed E-state index contributed by atoms with van der Waals surface area (Å²) in [5, 5.41) is 1.09. The number of carbonyl (C=O) groups is 1. The molecule has 0 aliphatic carbocycles. The van der Waals surface area contributed by atoms with Crippen molar-refractivity contribution in [3.8, 4) is 11.3 Å². The van der Waals surface area contributed by atoms with E-state index in [-0.39, 0.29) is 5.91 Å². The molecule has 0 aromatic carbocycles. The minimum absolute atomic E-state index is 0.244. The van der Waals surface area contributed by atoms with Gasteiger partial charge in [-0.25, -0.2) is 4.98 Å². The second-order valence-electron chi connectivity index (χ2n) is 7.57. The second kappa shape index (κ2) is 7.51. The summed E-state index contributed by atoms with van der Waals surface area (Å²) in [5.41, 5.74) is 4.08. The zero-order valence-electron chi connectivity index (χ0n) is 16.1. The SMILES string of the molecule is Cc1ncccc1-c1cc2cccnc2n1CCC(=O)N1CCCC(C)C1. The van der Waals surface area contributed by atoms with Gasteiger partial charge in [0.2, 0.25) is 5.91 Å². The Hall–Kier alpha value is -2.69. The highest BCUT2D eigenvalue weighted by atomic mass is 16.2. The smallest absolute Gasteiger partial charge is 0.224 e. The Morgan fingerprint density at radius 3 is 2.85 bits per heavy atom. The number of rotatable bonds is 4. The van der Waals surface area contributed by atoms with E-state index in [1.54, 1.807) is 0 Å². The van der Waals surface area contributed by atoms with E-state index in [0.717, 1.165) is 47.5 Å². The van der Waals surface area contributed by atoms with Gasteiger partial charge in [-0.05, 0) is 56.0 Å². The number of hydrogen-bond acceptors (Lipinski definition) is 3. The van der Waals surface area contributed by atoms with Crippen LogP contribution in [0.5, 0.6) is 0 Å². The molecule has 1 unspecified atom stereocenters. The summed E-state index contributed by atoms with van der Waals surface area (Å²) >= 11 is 0. The van der Waals surface area contributed by atoms with E-state index in [1.807, 2.05) is 36.4 Å². The Balaban J connectivity index is 1.63. The van der Waals surface area contributed by atoms with E-state index >= 15 is 0 Å². The van der Waals surface area contributed by atoms with E-state index in [0.29, 0.717) is 18.9 Å². The van der Waals surface area contributed by atoms with Crippen molar-refractivity contribution in [2.75, 3.05) is 13.1 Å². The lowest BCUT2D eigenvalue weighted by Crippen LogP contribution is -2.39. The number of pyridine rings is 2. The molecule has 1 saturated heterocycles. The molecule has 0 radical (unpaired) electrons. The summed E-state index contributed by atoms with van der Waals surface area (Å²) in [7, 11) is 0. The molecule has 27 heavy (non-hydrogen) atoms. The monoisotopic (exact) mass is 362 g/mol. The lowest BCUT2D eigenvalue weighted by Gasteiger charge is -2.31. The van der Waals surface area contributed by atoms with Crippen molar-refractivity contribution in [3.63, 3.8) is 0 Å². The number of fused-ring (bicyclic) bond motifs is 1. The summed E-state index contributed by atoms with van der Waals surface area (Å²) in [6.45, 7) is 6.66.